The van der Waals surface area contributed by atoms with Gasteiger partial charge in [0, 0.05) is 25.2 Å². The van der Waals surface area contributed by atoms with Gasteiger partial charge in [-0.25, -0.2) is 14.6 Å². The third kappa shape index (κ3) is 5.67. The molecule has 0 radical (unpaired) electrons. The second-order valence-electron chi connectivity index (χ2n) is 11.2. The van der Waals surface area contributed by atoms with E-state index in [2.05, 4.69) is 19.2 Å². The molecule has 2 bridgehead atoms. The number of hydrogen-bond acceptors (Lipinski definition) is 9. The van der Waals surface area contributed by atoms with Crippen LogP contribution in [0.2, 0.25) is 0 Å². The van der Waals surface area contributed by atoms with Crippen LogP contribution in [0.1, 0.15) is 86.0 Å². The van der Waals surface area contributed by atoms with Gasteiger partial charge in [0.05, 0.1) is 19.3 Å². The summed E-state index contributed by atoms with van der Waals surface area (Å²) in [7, 11) is 0. The topological polar surface area (TPSA) is 119 Å². The largest absolute Gasteiger partial charge is 0.466 e. The second kappa shape index (κ2) is 11.6. The summed E-state index contributed by atoms with van der Waals surface area (Å²) < 4.78 is 23.0. The van der Waals surface area contributed by atoms with Crippen molar-refractivity contribution in [3.05, 3.63) is 0 Å². The normalized spacial score (nSPS) is 39.2. The van der Waals surface area contributed by atoms with Crippen LogP contribution in [0.3, 0.4) is 0 Å². The molecule has 4 saturated heterocycles. The number of fused-ring (bicyclic) bond motifs is 2. The van der Waals surface area contributed by atoms with Crippen molar-refractivity contribution < 1.29 is 43.1 Å². The highest BCUT2D eigenvalue weighted by Crippen LogP contribution is 2.60. The van der Waals surface area contributed by atoms with E-state index < -0.39 is 35.7 Å². The van der Waals surface area contributed by atoms with Crippen molar-refractivity contribution in [3.8, 4) is 0 Å². The van der Waals surface area contributed by atoms with E-state index in [-0.39, 0.29) is 62.2 Å². The van der Waals surface area contributed by atoms with Crippen LogP contribution in [0.25, 0.3) is 0 Å². The van der Waals surface area contributed by atoms with Gasteiger partial charge in [0.25, 0.3) is 0 Å². The maximum absolute atomic E-state index is 12.9. The van der Waals surface area contributed by atoms with Crippen LogP contribution in [0.4, 0.5) is 0 Å². The summed E-state index contributed by atoms with van der Waals surface area (Å²) in [6, 6.07) is -0.906. The van der Waals surface area contributed by atoms with E-state index in [1.54, 1.807) is 13.8 Å². The summed E-state index contributed by atoms with van der Waals surface area (Å²) in [6.07, 6.45) is 3.86. The van der Waals surface area contributed by atoms with E-state index in [0.29, 0.717) is 12.3 Å². The molecule has 1 spiro atoms. The first-order valence-electron chi connectivity index (χ1n) is 13.9. The van der Waals surface area contributed by atoms with E-state index in [0.717, 1.165) is 25.7 Å². The highest BCUT2D eigenvalue weighted by molar-refractivity contribution is 5.85. The lowest BCUT2D eigenvalue weighted by atomic mass is 9.57. The Morgan fingerprint density at radius 2 is 1.76 bits per heavy atom. The Balaban J connectivity index is 1.40. The Hall–Kier alpha value is -1.75. The van der Waals surface area contributed by atoms with Crippen molar-refractivity contribution in [2.45, 2.75) is 116 Å². The Bertz CT molecular complexity index is 852. The van der Waals surface area contributed by atoms with E-state index in [1.165, 1.54) is 0 Å². The molecule has 210 valence electrons. The maximum atomic E-state index is 12.9. The van der Waals surface area contributed by atoms with Crippen LogP contribution >= 0.6 is 0 Å². The van der Waals surface area contributed by atoms with Crippen molar-refractivity contribution in [3.63, 3.8) is 0 Å². The molecule has 5 fully saturated rings. The van der Waals surface area contributed by atoms with Gasteiger partial charge in [0.15, 0.2) is 11.9 Å². The number of hydrogen-bond donors (Lipinski definition) is 1. The van der Waals surface area contributed by atoms with Gasteiger partial charge >= 0.3 is 11.9 Å². The average molecular weight is 526 g/mol. The standard InChI is InChI=1S/C27H43NO9/c1-6-32-23(30)13-10-20(24(31)33-7-2)28-22(29)12-11-21-17(4)19-9-8-16(3)18-14-15-26(5)35-25(34-21)27(18,19)37-36-26/h16-21,25H,6-15H2,1-5H3,(H,28,29)/t16-,17-,18+,19+,20?,21-,25-,26+,27-/m1/s1. The van der Waals surface area contributed by atoms with Crippen LogP contribution in [0.15, 0.2) is 0 Å². The number of esters is 2. The molecule has 10 heteroatoms. The van der Waals surface area contributed by atoms with E-state index in [4.69, 9.17) is 28.7 Å². The molecule has 37 heavy (non-hydrogen) atoms. The first-order chi connectivity index (χ1) is 17.6. The van der Waals surface area contributed by atoms with Gasteiger partial charge in [-0.05, 0) is 70.6 Å². The van der Waals surface area contributed by atoms with Crippen molar-refractivity contribution in [2.75, 3.05) is 13.2 Å². The maximum Gasteiger partial charge on any atom is 0.328 e. The molecule has 5 rings (SSSR count). The average Bonchev–Trinajstić information content (AvgIpc) is 3.09. The van der Waals surface area contributed by atoms with Gasteiger partial charge < -0.3 is 24.3 Å². The predicted octanol–water partition coefficient (Wildman–Crippen LogP) is 3.41. The van der Waals surface area contributed by atoms with Crippen LogP contribution in [0, 0.1) is 23.7 Å². The van der Waals surface area contributed by atoms with Crippen LogP contribution in [0.5, 0.6) is 0 Å². The van der Waals surface area contributed by atoms with Crippen molar-refractivity contribution >= 4 is 17.8 Å². The summed E-state index contributed by atoms with van der Waals surface area (Å²) in [5.41, 5.74) is -0.631. The molecular weight excluding hydrogens is 482 g/mol. The lowest BCUT2D eigenvalue weighted by molar-refractivity contribution is -0.571. The number of amides is 1. The van der Waals surface area contributed by atoms with E-state index in [9.17, 15) is 14.4 Å². The fourth-order valence-corrected chi connectivity index (χ4v) is 6.84. The van der Waals surface area contributed by atoms with Crippen molar-refractivity contribution in [1.29, 1.82) is 0 Å². The van der Waals surface area contributed by atoms with Gasteiger partial charge in [-0.15, -0.1) is 0 Å². The fraction of sp³-hybridized carbons (Fsp3) is 0.889. The number of rotatable bonds is 10. The minimum absolute atomic E-state index is 0.0174. The first kappa shape index (κ1) is 28.3. The van der Waals surface area contributed by atoms with Gasteiger partial charge in [-0.2, -0.15) is 0 Å². The second-order valence-corrected chi connectivity index (χ2v) is 11.2. The number of ether oxygens (including phenoxy) is 4. The van der Waals surface area contributed by atoms with Crippen LogP contribution in [-0.2, 0) is 43.1 Å². The minimum Gasteiger partial charge on any atom is -0.466 e. The highest BCUT2D eigenvalue weighted by Gasteiger charge is 2.69. The quantitative estimate of drug-likeness (QED) is 0.338. The molecule has 0 aromatic rings. The Kier molecular flexibility index (Phi) is 8.82. The molecule has 1 unspecified atom stereocenters. The van der Waals surface area contributed by atoms with Crippen LogP contribution < -0.4 is 5.32 Å². The predicted molar refractivity (Wildman–Crippen MR) is 130 cm³/mol. The Labute approximate surface area is 219 Å². The zero-order valence-electron chi connectivity index (χ0n) is 22.8. The van der Waals surface area contributed by atoms with Gasteiger partial charge in [-0.1, -0.05) is 13.8 Å². The molecule has 0 aromatic carbocycles. The molecular formula is C27H43NO9. The Morgan fingerprint density at radius 1 is 1.00 bits per heavy atom. The van der Waals surface area contributed by atoms with Gasteiger partial charge in [0.2, 0.25) is 11.7 Å². The third-order valence-electron chi connectivity index (χ3n) is 8.80. The molecule has 4 heterocycles. The summed E-state index contributed by atoms with van der Waals surface area (Å²) in [5.74, 6) is -0.995. The fourth-order valence-electron chi connectivity index (χ4n) is 6.84. The van der Waals surface area contributed by atoms with E-state index in [1.807, 2.05) is 6.92 Å². The zero-order valence-corrected chi connectivity index (χ0v) is 22.8. The summed E-state index contributed by atoms with van der Waals surface area (Å²) in [6.45, 7) is 10.2. The lowest BCUT2D eigenvalue weighted by Gasteiger charge is -2.60. The molecule has 0 aromatic heterocycles. The molecule has 10 nitrogen and oxygen atoms in total. The van der Waals surface area contributed by atoms with Crippen LogP contribution in [-0.4, -0.2) is 60.9 Å². The Morgan fingerprint density at radius 3 is 2.49 bits per heavy atom. The lowest BCUT2D eigenvalue weighted by Crippen LogP contribution is -2.70. The number of carbonyl (C=O) groups excluding carboxylic acids is 3. The summed E-state index contributed by atoms with van der Waals surface area (Å²) >= 11 is 0. The van der Waals surface area contributed by atoms with E-state index >= 15 is 0 Å². The minimum atomic E-state index is -0.906. The zero-order chi connectivity index (χ0) is 26.8. The van der Waals surface area contributed by atoms with Crippen molar-refractivity contribution in [2.24, 2.45) is 23.7 Å². The molecule has 5 aliphatic rings. The number of nitrogens with one attached hydrogen (secondary N) is 1. The molecule has 9 atom stereocenters. The number of carbonyl (C=O) groups is 3. The molecule has 1 N–H and O–H groups in total. The monoisotopic (exact) mass is 525 g/mol. The highest BCUT2D eigenvalue weighted by atomic mass is 17.3. The summed E-state index contributed by atoms with van der Waals surface area (Å²) in [5, 5.41) is 2.75. The third-order valence-corrected chi connectivity index (χ3v) is 8.80. The SMILES string of the molecule is CCOC(=O)CCC(NC(=O)CC[C@H]1O[C@@H]2O[C@]3(C)CC[C@H]4[C@H](C)CC[C@@H]([C@H]1C)[C@@]24OO3)C(=O)OCC. The summed E-state index contributed by atoms with van der Waals surface area (Å²) in [4.78, 5) is 49.1. The van der Waals surface area contributed by atoms with Crippen molar-refractivity contribution in [1.82, 2.24) is 5.32 Å². The first-order valence-corrected chi connectivity index (χ1v) is 13.9. The van der Waals surface area contributed by atoms with Gasteiger partial charge in [0.1, 0.15) is 6.04 Å². The molecule has 1 amide bonds. The molecule has 4 aliphatic heterocycles. The molecule has 1 aliphatic carbocycles. The van der Waals surface area contributed by atoms with Gasteiger partial charge in [-0.3, -0.25) is 9.59 Å². The smallest absolute Gasteiger partial charge is 0.328 e. The molecule has 1 saturated carbocycles.